The predicted molar refractivity (Wildman–Crippen MR) is 91.6 cm³/mol. The number of hydrogen-bond donors (Lipinski definition) is 0. The summed E-state index contributed by atoms with van der Waals surface area (Å²) >= 11 is 0. The fourth-order valence-corrected chi connectivity index (χ4v) is 2.65. The van der Waals surface area contributed by atoms with E-state index in [2.05, 4.69) is 9.88 Å². The fourth-order valence-electron chi connectivity index (χ4n) is 2.65. The third kappa shape index (κ3) is 4.23. The van der Waals surface area contributed by atoms with Gasteiger partial charge in [-0.15, -0.1) is 0 Å². The Morgan fingerprint density at radius 3 is 2.64 bits per heavy atom. The molecule has 1 fully saturated rings. The van der Waals surface area contributed by atoms with Crippen molar-refractivity contribution in [2.24, 2.45) is 0 Å². The van der Waals surface area contributed by atoms with E-state index in [0.29, 0.717) is 31.9 Å². The molecule has 8 nitrogen and oxygen atoms in total. The van der Waals surface area contributed by atoms with Crippen molar-refractivity contribution in [3.05, 3.63) is 58.8 Å². The second kappa shape index (κ2) is 7.61. The summed E-state index contributed by atoms with van der Waals surface area (Å²) in [5.41, 5.74) is -0.0612. The Hall–Kier alpha value is -3.16. The highest BCUT2D eigenvalue weighted by molar-refractivity contribution is 5.78. The normalized spacial score (nSPS) is 14.2. The van der Waals surface area contributed by atoms with Gasteiger partial charge < -0.3 is 14.5 Å². The number of anilines is 1. The molecule has 1 aromatic carbocycles. The number of pyridine rings is 1. The smallest absolute Gasteiger partial charge is 0.273 e. The highest BCUT2D eigenvalue weighted by Gasteiger charge is 2.22. The van der Waals surface area contributed by atoms with Crippen LogP contribution in [0.4, 0.5) is 11.5 Å². The van der Waals surface area contributed by atoms with E-state index in [-0.39, 0.29) is 18.2 Å². The lowest BCUT2D eigenvalue weighted by molar-refractivity contribution is -0.384. The number of ether oxygens (including phenoxy) is 1. The zero-order valence-electron chi connectivity index (χ0n) is 13.6. The van der Waals surface area contributed by atoms with E-state index in [1.165, 1.54) is 18.2 Å². The number of amides is 1. The van der Waals surface area contributed by atoms with Crippen LogP contribution >= 0.6 is 0 Å². The van der Waals surface area contributed by atoms with Gasteiger partial charge in [0.2, 0.25) is 0 Å². The first kappa shape index (κ1) is 16.7. The number of carbonyl (C=O) groups excluding carboxylic acids is 1. The molecule has 1 saturated heterocycles. The van der Waals surface area contributed by atoms with Gasteiger partial charge in [0, 0.05) is 38.4 Å². The lowest BCUT2D eigenvalue weighted by atomic mass is 10.3. The third-order valence-corrected chi connectivity index (χ3v) is 4.00. The van der Waals surface area contributed by atoms with Crippen LogP contribution < -0.4 is 9.64 Å². The quantitative estimate of drug-likeness (QED) is 0.607. The minimum absolute atomic E-state index is 0.0612. The van der Waals surface area contributed by atoms with Gasteiger partial charge >= 0.3 is 0 Å². The summed E-state index contributed by atoms with van der Waals surface area (Å²) < 4.78 is 5.40. The molecule has 0 radical (unpaired) electrons. The first-order valence-electron chi connectivity index (χ1n) is 7.94. The molecule has 0 N–H and O–H groups in total. The van der Waals surface area contributed by atoms with Crippen LogP contribution in [0.1, 0.15) is 0 Å². The van der Waals surface area contributed by atoms with E-state index in [1.54, 1.807) is 17.2 Å². The van der Waals surface area contributed by atoms with Crippen molar-refractivity contribution in [1.82, 2.24) is 9.88 Å². The first-order valence-corrected chi connectivity index (χ1v) is 7.94. The topological polar surface area (TPSA) is 88.8 Å². The molecule has 2 aromatic rings. The van der Waals surface area contributed by atoms with Crippen LogP contribution in [-0.2, 0) is 4.79 Å². The van der Waals surface area contributed by atoms with Crippen molar-refractivity contribution in [1.29, 1.82) is 0 Å². The standard InChI is InChI=1S/C17H18N4O4/c22-17(13-25-15-5-3-4-14(12-15)21(23)24)20-10-8-19(9-11-20)16-6-1-2-7-18-16/h1-7,12H,8-11,13H2. The van der Waals surface area contributed by atoms with Gasteiger partial charge in [-0.1, -0.05) is 12.1 Å². The second-order valence-electron chi connectivity index (χ2n) is 5.60. The Kier molecular flexibility index (Phi) is 5.08. The molecule has 3 rings (SSSR count). The predicted octanol–water partition coefficient (Wildman–Crippen LogP) is 1.72. The molecule has 0 saturated carbocycles. The van der Waals surface area contributed by atoms with Gasteiger partial charge in [-0.05, 0) is 18.2 Å². The molecule has 130 valence electrons. The number of nitrogens with zero attached hydrogens (tertiary/aromatic N) is 4. The molecule has 0 aliphatic carbocycles. The van der Waals surface area contributed by atoms with Crippen LogP contribution in [-0.4, -0.2) is 53.5 Å². The van der Waals surface area contributed by atoms with Crippen LogP contribution in [0.15, 0.2) is 48.7 Å². The van der Waals surface area contributed by atoms with Gasteiger partial charge in [-0.3, -0.25) is 14.9 Å². The Bertz CT molecular complexity index is 745. The summed E-state index contributed by atoms with van der Waals surface area (Å²) in [6, 6.07) is 11.6. The number of non-ortho nitro benzene ring substituents is 1. The Morgan fingerprint density at radius 1 is 1.16 bits per heavy atom. The van der Waals surface area contributed by atoms with E-state index < -0.39 is 4.92 Å². The molecular formula is C17H18N4O4. The average molecular weight is 342 g/mol. The molecule has 0 bridgehead atoms. The van der Waals surface area contributed by atoms with Crippen LogP contribution in [0.2, 0.25) is 0 Å². The third-order valence-electron chi connectivity index (χ3n) is 4.00. The lowest BCUT2D eigenvalue weighted by Gasteiger charge is -2.35. The second-order valence-corrected chi connectivity index (χ2v) is 5.60. The largest absolute Gasteiger partial charge is 0.484 e. The first-order chi connectivity index (χ1) is 12.1. The molecule has 2 heterocycles. The van der Waals surface area contributed by atoms with Gasteiger partial charge in [0.05, 0.1) is 11.0 Å². The number of benzene rings is 1. The van der Waals surface area contributed by atoms with Crippen molar-refractivity contribution >= 4 is 17.4 Å². The Balaban J connectivity index is 1.50. The minimum atomic E-state index is -0.495. The molecule has 1 aromatic heterocycles. The van der Waals surface area contributed by atoms with Crippen LogP contribution in [0.5, 0.6) is 5.75 Å². The Labute approximate surface area is 144 Å². The zero-order valence-corrected chi connectivity index (χ0v) is 13.6. The van der Waals surface area contributed by atoms with Crippen LogP contribution in [0.3, 0.4) is 0 Å². The fraction of sp³-hybridized carbons (Fsp3) is 0.294. The van der Waals surface area contributed by atoms with Crippen molar-refractivity contribution < 1.29 is 14.5 Å². The van der Waals surface area contributed by atoms with Gasteiger partial charge in [0.15, 0.2) is 6.61 Å². The molecule has 1 amide bonds. The van der Waals surface area contributed by atoms with Crippen molar-refractivity contribution in [2.75, 3.05) is 37.7 Å². The molecular weight excluding hydrogens is 324 g/mol. The van der Waals surface area contributed by atoms with E-state index in [4.69, 9.17) is 4.74 Å². The lowest BCUT2D eigenvalue weighted by Crippen LogP contribution is -2.50. The molecule has 8 heteroatoms. The zero-order chi connectivity index (χ0) is 17.6. The molecule has 0 unspecified atom stereocenters. The van der Waals surface area contributed by atoms with Gasteiger partial charge in [0.25, 0.3) is 11.6 Å². The molecule has 25 heavy (non-hydrogen) atoms. The summed E-state index contributed by atoms with van der Waals surface area (Å²) in [7, 11) is 0. The van der Waals surface area contributed by atoms with E-state index in [1.807, 2.05) is 18.2 Å². The van der Waals surface area contributed by atoms with Crippen molar-refractivity contribution in [3.8, 4) is 5.75 Å². The minimum Gasteiger partial charge on any atom is -0.484 e. The summed E-state index contributed by atoms with van der Waals surface area (Å²) in [5, 5.41) is 10.8. The maximum absolute atomic E-state index is 12.3. The number of aromatic nitrogens is 1. The van der Waals surface area contributed by atoms with Crippen molar-refractivity contribution in [3.63, 3.8) is 0 Å². The van der Waals surface area contributed by atoms with Crippen LogP contribution in [0, 0.1) is 10.1 Å². The molecule has 1 aliphatic heterocycles. The number of hydrogen-bond acceptors (Lipinski definition) is 6. The number of nitro groups is 1. The highest BCUT2D eigenvalue weighted by atomic mass is 16.6. The summed E-state index contributed by atoms with van der Waals surface area (Å²) in [6.07, 6.45) is 1.75. The van der Waals surface area contributed by atoms with Gasteiger partial charge in [-0.2, -0.15) is 0 Å². The number of nitro benzene ring substituents is 1. The number of rotatable bonds is 5. The SMILES string of the molecule is O=C(COc1cccc([N+](=O)[O-])c1)N1CCN(c2ccccn2)CC1. The Morgan fingerprint density at radius 2 is 1.96 bits per heavy atom. The summed E-state index contributed by atoms with van der Waals surface area (Å²) in [5.74, 6) is 1.09. The summed E-state index contributed by atoms with van der Waals surface area (Å²) in [4.78, 5) is 30.7. The van der Waals surface area contributed by atoms with E-state index >= 15 is 0 Å². The van der Waals surface area contributed by atoms with Crippen molar-refractivity contribution in [2.45, 2.75) is 0 Å². The molecule has 1 aliphatic rings. The molecule has 0 spiro atoms. The maximum Gasteiger partial charge on any atom is 0.273 e. The van der Waals surface area contributed by atoms with Crippen LogP contribution in [0.25, 0.3) is 0 Å². The molecule has 0 atom stereocenters. The number of carbonyl (C=O) groups is 1. The summed E-state index contributed by atoms with van der Waals surface area (Å²) in [6.45, 7) is 2.46. The highest BCUT2D eigenvalue weighted by Crippen LogP contribution is 2.19. The van der Waals surface area contributed by atoms with E-state index in [9.17, 15) is 14.9 Å². The van der Waals surface area contributed by atoms with Gasteiger partial charge in [-0.25, -0.2) is 4.98 Å². The average Bonchev–Trinajstić information content (AvgIpc) is 2.67. The monoisotopic (exact) mass is 342 g/mol. The number of piperazine rings is 1. The van der Waals surface area contributed by atoms with E-state index in [0.717, 1.165) is 5.82 Å². The van der Waals surface area contributed by atoms with Gasteiger partial charge in [0.1, 0.15) is 11.6 Å². The maximum atomic E-state index is 12.3.